The van der Waals surface area contributed by atoms with E-state index in [0.717, 1.165) is 30.1 Å². The summed E-state index contributed by atoms with van der Waals surface area (Å²) in [6.07, 6.45) is 0.582. The lowest BCUT2D eigenvalue weighted by molar-refractivity contribution is 0.103. The van der Waals surface area contributed by atoms with Crippen LogP contribution in [0.2, 0.25) is 0 Å². The second kappa shape index (κ2) is 7.63. The van der Waals surface area contributed by atoms with Gasteiger partial charge in [-0.15, -0.1) is 0 Å². The molecular formula is C23H28O4. The van der Waals surface area contributed by atoms with Gasteiger partial charge in [0.15, 0.2) is 0 Å². The number of ether oxygens (including phenoxy) is 4. The zero-order valence-corrected chi connectivity index (χ0v) is 16.6. The van der Waals surface area contributed by atoms with Gasteiger partial charge in [0.05, 0.1) is 26.4 Å². The number of hydrogen-bond acceptors (Lipinski definition) is 4. The molecule has 4 nitrogen and oxygen atoms in total. The fourth-order valence-electron chi connectivity index (χ4n) is 3.53. The lowest BCUT2D eigenvalue weighted by atomic mass is 9.94. The van der Waals surface area contributed by atoms with Crippen LogP contribution in [-0.2, 0) is 20.8 Å². The average Bonchev–Trinajstić information content (AvgIpc) is 3.51. The summed E-state index contributed by atoms with van der Waals surface area (Å²) in [6, 6.07) is 8.94. The normalized spacial score (nSPS) is 20.6. The molecule has 0 amide bonds. The van der Waals surface area contributed by atoms with E-state index in [9.17, 15) is 0 Å². The van der Waals surface area contributed by atoms with Gasteiger partial charge in [-0.2, -0.15) is 0 Å². The van der Waals surface area contributed by atoms with E-state index < -0.39 is 0 Å². The van der Waals surface area contributed by atoms with Gasteiger partial charge >= 0.3 is 0 Å². The standard InChI is InChI=1S/C23H28O4/c1-14-5-18(6-15(2)22(14)13-24-9-20-10-25-20)19-7-16(3)23(17(4)8-19)27-12-21-11-26-21/h5-8,20-21H,9-13H2,1-4H3. The van der Waals surface area contributed by atoms with Gasteiger partial charge in [-0.25, -0.2) is 0 Å². The number of hydrogen-bond donors (Lipinski definition) is 0. The van der Waals surface area contributed by atoms with E-state index in [-0.39, 0.29) is 6.10 Å². The Kier molecular flexibility index (Phi) is 5.22. The van der Waals surface area contributed by atoms with Gasteiger partial charge in [-0.1, -0.05) is 12.1 Å². The Labute approximate surface area is 161 Å². The predicted molar refractivity (Wildman–Crippen MR) is 105 cm³/mol. The smallest absolute Gasteiger partial charge is 0.125 e. The SMILES string of the molecule is Cc1cc(-c2cc(C)c(OCC3CO3)c(C)c2)cc(C)c1COCC1CO1. The fraction of sp³-hybridized carbons (Fsp3) is 0.478. The van der Waals surface area contributed by atoms with Crippen LogP contribution in [-0.4, -0.2) is 38.6 Å². The minimum Gasteiger partial charge on any atom is -0.490 e. The lowest BCUT2D eigenvalue weighted by Gasteiger charge is -2.16. The Morgan fingerprint density at radius 2 is 1.26 bits per heavy atom. The molecule has 0 saturated carbocycles. The third-order valence-corrected chi connectivity index (χ3v) is 5.26. The molecule has 2 aromatic carbocycles. The monoisotopic (exact) mass is 368 g/mol. The molecule has 0 aliphatic carbocycles. The van der Waals surface area contributed by atoms with Crippen LogP contribution < -0.4 is 4.74 Å². The molecular weight excluding hydrogens is 340 g/mol. The van der Waals surface area contributed by atoms with Gasteiger partial charge in [-0.3, -0.25) is 0 Å². The minimum absolute atomic E-state index is 0.273. The molecule has 27 heavy (non-hydrogen) atoms. The molecule has 2 aliphatic heterocycles. The molecule has 0 bridgehead atoms. The molecule has 4 heteroatoms. The highest BCUT2D eigenvalue weighted by molar-refractivity contribution is 5.69. The van der Waals surface area contributed by atoms with Crippen molar-refractivity contribution in [1.29, 1.82) is 0 Å². The van der Waals surface area contributed by atoms with Crippen LogP contribution in [0.5, 0.6) is 5.75 Å². The van der Waals surface area contributed by atoms with Gasteiger partial charge in [0.1, 0.15) is 24.6 Å². The molecule has 2 aliphatic rings. The first-order valence-corrected chi connectivity index (χ1v) is 9.66. The van der Waals surface area contributed by atoms with Crippen LogP contribution in [0.15, 0.2) is 24.3 Å². The number of rotatable bonds is 8. The van der Waals surface area contributed by atoms with Gasteiger partial charge in [0, 0.05) is 0 Å². The topological polar surface area (TPSA) is 43.5 Å². The minimum atomic E-state index is 0.273. The molecule has 0 spiro atoms. The summed E-state index contributed by atoms with van der Waals surface area (Å²) in [5.74, 6) is 0.981. The molecule has 4 rings (SSSR count). The maximum atomic E-state index is 5.97. The maximum Gasteiger partial charge on any atom is 0.125 e. The van der Waals surface area contributed by atoms with E-state index in [1.54, 1.807) is 0 Å². The second-order valence-corrected chi connectivity index (χ2v) is 7.76. The predicted octanol–water partition coefficient (Wildman–Crippen LogP) is 4.28. The highest BCUT2D eigenvalue weighted by Crippen LogP contribution is 2.33. The van der Waals surface area contributed by atoms with Gasteiger partial charge < -0.3 is 18.9 Å². The first-order valence-electron chi connectivity index (χ1n) is 9.66. The van der Waals surface area contributed by atoms with Crippen LogP contribution >= 0.6 is 0 Å². The zero-order chi connectivity index (χ0) is 19.0. The van der Waals surface area contributed by atoms with Crippen LogP contribution in [0, 0.1) is 27.7 Å². The summed E-state index contributed by atoms with van der Waals surface area (Å²) in [5.41, 5.74) is 8.60. The second-order valence-electron chi connectivity index (χ2n) is 7.76. The number of aryl methyl sites for hydroxylation is 4. The van der Waals surface area contributed by atoms with Crippen molar-refractivity contribution < 1.29 is 18.9 Å². The highest BCUT2D eigenvalue weighted by atomic mass is 16.6. The van der Waals surface area contributed by atoms with Crippen LogP contribution in [0.4, 0.5) is 0 Å². The summed E-state index contributed by atoms with van der Waals surface area (Å²) >= 11 is 0. The number of benzene rings is 2. The lowest BCUT2D eigenvalue weighted by Crippen LogP contribution is -2.06. The Balaban J connectivity index is 1.52. The van der Waals surface area contributed by atoms with Crippen molar-refractivity contribution in [3.8, 4) is 16.9 Å². The molecule has 2 unspecified atom stereocenters. The fourth-order valence-corrected chi connectivity index (χ4v) is 3.53. The Morgan fingerprint density at radius 1 is 0.778 bits per heavy atom. The van der Waals surface area contributed by atoms with Crippen LogP contribution in [0.25, 0.3) is 11.1 Å². The zero-order valence-electron chi connectivity index (χ0n) is 16.6. The van der Waals surface area contributed by atoms with Gasteiger partial charge in [0.2, 0.25) is 0 Å². The molecule has 0 N–H and O–H groups in total. The van der Waals surface area contributed by atoms with Crippen molar-refractivity contribution >= 4 is 0 Å². The molecule has 144 valence electrons. The summed E-state index contributed by atoms with van der Waals surface area (Å²) in [7, 11) is 0. The van der Waals surface area contributed by atoms with Crippen molar-refractivity contribution in [3.05, 3.63) is 52.1 Å². The maximum absolute atomic E-state index is 5.97. The third-order valence-electron chi connectivity index (χ3n) is 5.26. The Bertz CT molecular complexity index is 788. The molecule has 2 saturated heterocycles. The Morgan fingerprint density at radius 3 is 1.78 bits per heavy atom. The van der Waals surface area contributed by atoms with E-state index in [2.05, 4.69) is 52.0 Å². The van der Waals surface area contributed by atoms with Crippen molar-refractivity contribution in [2.24, 2.45) is 0 Å². The summed E-state index contributed by atoms with van der Waals surface area (Å²) < 4.78 is 22.2. The van der Waals surface area contributed by atoms with Crippen molar-refractivity contribution in [2.45, 2.75) is 46.5 Å². The van der Waals surface area contributed by atoms with Crippen molar-refractivity contribution in [2.75, 3.05) is 26.4 Å². The molecule has 0 aromatic heterocycles. The number of epoxide rings is 2. The average molecular weight is 368 g/mol. The molecule has 2 heterocycles. The molecule has 2 atom stereocenters. The molecule has 2 fully saturated rings. The van der Waals surface area contributed by atoms with E-state index in [1.165, 1.54) is 27.8 Å². The van der Waals surface area contributed by atoms with Crippen molar-refractivity contribution in [1.82, 2.24) is 0 Å². The first kappa shape index (κ1) is 18.5. The van der Waals surface area contributed by atoms with E-state index in [4.69, 9.17) is 18.9 Å². The van der Waals surface area contributed by atoms with Crippen molar-refractivity contribution in [3.63, 3.8) is 0 Å². The van der Waals surface area contributed by atoms with Crippen LogP contribution in [0.1, 0.15) is 27.8 Å². The van der Waals surface area contributed by atoms with E-state index in [0.29, 0.717) is 25.9 Å². The summed E-state index contributed by atoms with van der Waals surface area (Å²) in [6.45, 7) is 12.2. The largest absolute Gasteiger partial charge is 0.490 e. The van der Waals surface area contributed by atoms with Crippen LogP contribution in [0.3, 0.4) is 0 Å². The quantitative estimate of drug-likeness (QED) is 0.652. The van der Waals surface area contributed by atoms with Gasteiger partial charge in [0.25, 0.3) is 0 Å². The molecule has 0 radical (unpaired) electrons. The van der Waals surface area contributed by atoms with E-state index >= 15 is 0 Å². The Hall–Kier alpha value is -1.88. The van der Waals surface area contributed by atoms with Gasteiger partial charge in [-0.05, 0) is 78.8 Å². The first-order chi connectivity index (χ1) is 13.0. The van der Waals surface area contributed by atoms with E-state index in [1.807, 2.05) is 0 Å². The summed E-state index contributed by atoms with van der Waals surface area (Å²) in [5, 5.41) is 0. The molecule has 2 aromatic rings. The summed E-state index contributed by atoms with van der Waals surface area (Å²) in [4.78, 5) is 0. The highest BCUT2D eigenvalue weighted by Gasteiger charge is 2.24. The third kappa shape index (κ3) is 4.52.